The third-order valence-corrected chi connectivity index (χ3v) is 11.9. The molecular formula is C43H67ClO7. The molecule has 2 aliphatic carbocycles. The lowest BCUT2D eigenvalue weighted by Crippen LogP contribution is -2.40. The summed E-state index contributed by atoms with van der Waals surface area (Å²) in [6.07, 6.45) is 26.6. The Morgan fingerprint density at radius 3 is 2.29 bits per heavy atom. The highest BCUT2D eigenvalue weighted by molar-refractivity contribution is 6.21. The van der Waals surface area contributed by atoms with Gasteiger partial charge in [0.15, 0.2) is 0 Å². The van der Waals surface area contributed by atoms with E-state index in [1.54, 1.807) is 19.1 Å². The van der Waals surface area contributed by atoms with Crippen LogP contribution in [0.1, 0.15) is 171 Å². The molecule has 0 bridgehead atoms. The minimum atomic E-state index is -1.08. The number of unbranched alkanes of at least 4 members (excludes halogenated alkanes) is 10. The number of carbonyl (C=O) groups excluding carboxylic acids is 1. The molecule has 3 N–H and O–H groups in total. The van der Waals surface area contributed by atoms with Gasteiger partial charge in [0.25, 0.3) is 0 Å². The number of aliphatic hydroxyl groups excluding tert-OH is 2. The number of carboxylic acids is 1. The molecule has 0 saturated heterocycles. The Morgan fingerprint density at radius 2 is 1.67 bits per heavy atom. The summed E-state index contributed by atoms with van der Waals surface area (Å²) in [5.41, 5.74) is 0.540. The van der Waals surface area contributed by atoms with Crippen molar-refractivity contribution in [2.45, 2.75) is 173 Å². The first-order valence-corrected chi connectivity index (χ1v) is 20.6. The number of rotatable bonds is 26. The Bertz CT molecular complexity index is 1220. The van der Waals surface area contributed by atoms with Crippen molar-refractivity contribution in [3.8, 4) is 5.75 Å². The zero-order valence-corrected chi connectivity index (χ0v) is 32.5. The molecule has 0 radical (unpaired) electrons. The lowest BCUT2D eigenvalue weighted by molar-refractivity contribution is -0.148. The quantitative estimate of drug-likeness (QED) is 0.0376. The van der Waals surface area contributed by atoms with E-state index >= 15 is 0 Å². The van der Waals surface area contributed by atoms with Crippen LogP contribution in [0, 0.1) is 17.3 Å². The second-order valence-corrected chi connectivity index (χ2v) is 15.7. The molecule has 0 heterocycles. The zero-order chi connectivity index (χ0) is 37.1. The van der Waals surface area contributed by atoms with Gasteiger partial charge in [-0.25, -0.2) is 4.79 Å². The number of aliphatic hydroxyl groups is 2. The van der Waals surface area contributed by atoms with Crippen LogP contribution in [0.25, 0.3) is 0 Å². The lowest BCUT2D eigenvalue weighted by atomic mass is 9.63. The van der Waals surface area contributed by atoms with E-state index in [9.17, 15) is 24.9 Å². The SMILES string of the molecule is CCCCCCCCCCCCOc1cccc(C(=O)O)c1C(C)OC(=O)CCC/C=C\C[C@@H]1[C@@H](/C=C/C[C@H](O)C2(CC)CCC2)[C@H](O)C[C@H]1Cl. The van der Waals surface area contributed by atoms with Crippen LogP contribution in [-0.4, -0.2) is 51.5 Å². The normalized spacial score (nSPS) is 22.6. The fraction of sp³-hybridized carbons (Fsp3) is 0.721. The standard InChI is InChI=1S/C43H67ClO7/c1-4-6-7-8-9-10-11-12-15-18-30-50-38-25-19-24-35(42(48)49)41(38)32(3)51-40(47)27-17-14-13-16-22-33-34(37(45)31-36(33)44)23-20-26-39(46)43(5-2)28-21-29-43/h13,16,19-20,23-25,32-34,36-37,39,45-46H,4-12,14-15,17-18,21-22,26-31H2,1-3H3,(H,48,49)/b16-13-,23-20+/t32?,33-,34-,36-,37-,39+/m1/s1. The maximum absolute atomic E-state index is 12.8. The van der Waals surface area contributed by atoms with E-state index in [2.05, 4.69) is 32.1 Å². The van der Waals surface area contributed by atoms with Gasteiger partial charge in [0.1, 0.15) is 11.9 Å². The number of carbonyl (C=O) groups is 2. The van der Waals surface area contributed by atoms with Crippen LogP contribution in [0.3, 0.4) is 0 Å². The van der Waals surface area contributed by atoms with E-state index in [-0.39, 0.29) is 46.7 Å². The van der Waals surface area contributed by atoms with Gasteiger partial charge in [0, 0.05) is 23.3 Å². The predicted octanol–water partition coefficient (Wildman–Crippen LogP) is 10.9. The summed E-state index contributed by atoms with van der Waals surface area (Å²) >= 11 is 6.65. The maximum Gasteiger partial charge on any atom is 0.336 e. The van der Waals surface area contributed by atoms with Crippen molar-refractivity contribution in [2.75, 3.05) is 6.61 Å². The summed E-state index contributed by atoms with van der Waals surface area (Å²) in [5.74, 6) is -0.939. The first-order valence-electron chi connectivity index (χ1n) is 20.1. The third-order valence-electron chi connectivity index (χ3n) is 11.4. The number of carboxylic acid groups (broad SMARTS) is 1. The van der Waals surface area contributed by atoms with Crippen LogP contribution in [0.5, 0.6) is 5.75 Å². The molecule has 2 saturated carbocycles. The van der Waals surface area contributed by atoms with Crippen LogP contribution >= 0.6 is 11.6 Å². The number of hydrogen-bond donors (Lipinski definition) is 3. The number of benzene rings is 1. The van der Waals surface area contributed by atoms with Crippen molar-refractivity contribution >= 4 is 23.5 Å². The Labute approximate surface area is 313 Å². The highest BCUT2D eigenvalue weighted by Crippen LogP contribution is 2.48. The molecular weight excluding hydrogens is 664 g/mol. The average molecular weight is 731 g/mol. The van der Waals surface area contributed by atoms with E-state index in [1.165, 1.54) is 63.9 Å². The Kier molecular flexibility index (Phi) is 19.7. The average Bonchev–Trinajstić information content (AvgIpc) is 3.35. The minimum Gasteiger partial charge on any atom is -0.493 e. The van der Waals surface area contributed by atoms with Crippen LogP contribution in [-0.2, 0) is 9.53 Å². The summed E-state index contributed by atoms with van der Waals surface area (Å²) in [7, 11) is 0. The topological polar surface area (TPSA) is 113 Å². The van der Waals surface area contributed by atoms with Gasteiger partial charge in [-0.3, -0.25) is 4.79 Å². The molecule has 8 heteroatoms. The highest BCUT2D eigenvalue weighted by atomic mass is 35.5. The van der Waals surface area contributed by atoms with Gasteiger partial charge >= 0.3 is 11.9 Å². The zero-order valence-electron chi connectivity index (χ0n) is 31.7. The van der Waals surface area contributed by atoms with Gasteiger partial charge in [0.2, 0.25) is 0 Å². The molecule has 1 aromatic rings. The smallest absolute Gasteiger partial charge is 0.336 e. The molecule has 51 heavy (non-hydrogen) atoms. The third kappa shape index (κ3) is 13.9. The number of esters is 1. The maximum atomic E-state index is 12.8. The predicted molar refractivity (Wildman–Crippen MR) is 206 cm³/mol. The Morgan fingerprint density at radius 1 is 0.980 bits per heavy atom. The van der Waals surface area contributed by atoms with Crippen LogP contribution in [0.2, 0.25) is 0 Å². The molecule has 0 spiro atoms. The fourth-order valence-electron chi connectivity index (χ4n) is 7.93. The number of aromatic carboxylic acids is 1. The van der Waals surface area contributed by atoms with Crippen LogP contribution < -0.4 is 4.74 Å². The van der Waals surface area contributed by atoms with Crippen molar-refractivity contribution in [1.82, 2.24) is 0 Å². The molecule has 1 aromatic carbocycles. The number of alkyl halides is 1. The first kappa shape index (κ1) is 43.1. The van der Waals surface area contributed by atoms with Gasteiger partial charge in [-0.2, -0.15) is 0 Å². The molecule has 6 atom stereocenters. The molecule has 2 fully saturated rings. The lowest BCUT2D eigenvalue weighted by Gasteiger charge is -2.45. The van der Waals surface area contributed by atoms with Gasteiger partial charge in [-0.15, -0.1) is 11.6 Å². The second-order valence-electron chi connectivity index (χ2n) is 15.1. The van der Waals surface area contributed by atoms with E-state index in [4.69, 9.17) is 21.1 Å². The second kappa shape index (κ2) is 23.3. The molecule has 0 aliphatic heterocycles. The van der Waals surface area contributed by atoms with E-state index < -0.39 is 18.2 Å². The summed E-state index contributed by atoms with van der Waals surface area (Å²) in [6.45, 7) is 6.58. The Hall–Kier alpha value is -2.35. The monoisotopic (exact) mass is 730 g/mol. The molecule has 7 nitrogen and oxygen atoms in total. The number of hydrogen-bond acceptors (Lipinski definition) is 6. The minimum absolute atomic E-state index is 0.0442. The molecule has 2 aliphatic rings. The molecule has 288 valence electrons. The van der Waals surface area contributed by atoms with Gasteiger partial charge in [-0.1, -0.05) is 108 Å². The number of ether oxygens (including phenoxy) is 2. The molecule has 0 amide bonds. The van der Waals surface area contributed by atoms with Crippen LogP contribution in [0.15, 0.2) is 42.5 Å². The van der Waals surface area contributed by atoms with Crippen molar-refractivity contribution in [3.05, 3.63) is 53.6 Å². The number of allylic oxidation sites excluding steroid dienone is 2. The summed E-state index contributed by atoms with van der Waals surface area (Å²) < 4.78 is 11.8. The van der Waals surface area contributed by atoms with Gasteiger partial charge in [-0.05, 0) is 88.2 Å². The van der Waals surface area contributed by atoms with Gasteiger partial charge < -0.3 is 24.8 Å². The van der Waals surface area contributed by atoms with Gasteiger partial charge in [0.05, 0.1) is 24.4 Å². The van der Waals surface area contributed by atoms with E-state index in [0.29, 0.717) is 43.6 Å². The Balaban J connectivity index is 1.40. The number of halogens is 1. The van der Waals surface area contributed by atoms with Crippen molar-refractivity contribution in [3.63, 3.8) is 0 Å². The van der Waals surface area contributed by atoms with Crippen molar-refractivity contribution in [1.29, 1.82) is 0 Å². The summed E-state index contributed by atoms with van der Waals surface area (Å²) in [4.78, 5) is 24.8. The molecule has 3 rings (SSSR count). The van der Waals surface area contributed by atoms with E-state index in [1.807, 2.05) is 6.08 Å². The van der Waals surface area contributed by atoms with E-state index in [0.717, 1.165) is 38.5 Å². The summed E-state index contributed by atoms with van der Waals surface area (Å²) in [5, 5.41) is 31.2. The van der Waals surface area contributed by atoms with Crippen LogP contribution in [0.4, 0.5) is 0 Å². The summed E-state index contributed by atoms with van der Waals surface area (Å²) in [6, 6.07) is 4.94. The molecule has 0 aromatic heterocycles. The largest absolute Gasteiger partial charge is 0.493 e. The fourth-order valence-corrected chi connectivity index (χ4v) is 8.38. The molecule has 1 unspecified atom stereocenters. The van der Waals surface area contributed by atoms with Crippen molar-refractivity contribution < 1.29 is 34.4 Å². The van der Waals surface area contributed by atoms with Crippen molar-refractivity contribution in [2.24, 2.45) is 17.3 Å². The first-order chi connectivity index (χ1) is 24.6. The highest BCUT2D eigenvalue weighted by Gasteiger charge is 2.42.